The van der Waals surface area contributed by atoms with Crippen molar-refractivity contribution in [3.63, 3.8) is 0 Å². The van der Waals surface area contributed by atoms with E-state index in [1.165, 1.54) is 29.5 Å². The molecule has 20 heavy (non-hydrogen) atoms. The van der Waals surface area contributed by atoms with Gasteiger partial charge in [-0.05, 0) is 37.5 Å². The van der Waals surface area contributed by atoms with Gasteiger partial charge in [-0.15, -0.1) is 11.3 Å². The molecule has 1 heterocycles. The van der Waals surface area contributed by atoms with Crippen molar-refractivity contribution in [2.75, 3.05) is 10.5 Å². The van der Waals surface area contributed by atoms with E-state index in [0.29, 0.717) is 10.2 Å². The van der Waals surface area contributed by atoms with Crippen molar-refractivity contribution in [3.05, 3.63) is 33.8 Å². The molecule has 0 unspecified atom stereocenters. The summed E-state index contributed by atoms with van der Waals surface area (Å²) in [4.78, 5) is 5.48. The number of sulfonamides is 1. The van der Waals surface area contributed by atoms with E-state index in [2.05, 4.69) is 9.71 Å². The van der Waals surface area contributed by atoms with Crippen LogP contribution in [0.3, 0.4) is 0 Å². The maximum absolute atomic E-state index is 12.3. The summed E-state index contributed by atoms with van der Waals surface area (Å²) >= 11 is 7.16. The van der Waals surface area contributed by atoms with Gasteiger partial charge in [-0.1, -0.05) is 11.6 Å². The second-order valence-corrected chi connectivity index (χ2v) is 7.70. The number of halogens is 1. The van der Waals surface area contributed by atoms with Crippen molar-refractivity contribution in [1.29, 1.82) is 0 Å². The van der Waals surface area contributed by atoms with E-state index in [1.807, 2.05) is 0 Å². The molecule has 3 rings (SSSR count). The molecular weight excluding hydrogens is 318 g/mol. The van der Waals surface area contributed by atoms with Crippen LogP contribution in [0.2, 0.25) is 5.02 Å². The van der Waals surface area contributed by atoms with Gasteiger partial charge < -0.3 is 5.73 Å². The molecule has 1 aromatic carbocycles. The van der Waals surface area contributed by atoms with Gasteiger partial charge in [0.1, 0.15) is 4.90 Å². The van der Waals surface area contributed by atoms with Crippen molar-refractivity contribution in [3.8, 4) is 0 Å². The van der Waals surface area contributed by atoms with E-state index < -0.39 is 10.0 Å². The number of benzene rings is 1. The Hall–Kier alpha value is -1.31. The summed E-state index contributed by atoms with van der Waals surface area (Å²) in [6.07, 6.45) is 2.97. The predicted molar refractivity (Wildman–Crippen MR) is 80.8 cm³/mol. The molecule has 0 atom stereocenters. The number of anilines is 2. The SMILES string of the molecule is Nc1cc(Cl)ccc1S(=O)(=O)Nc1nc2c(s1)CCC2. The van der Waals surface area contributed by atoms with Crippen LogP contribution in [-0.4, -0.2) is 13.4 Å². The molecule has 2 aromatic rings. The molecule has 0 saturated carbocycles. The molecule has 1 aliphatic carbocycles. The van der Waals surface area contributed by atoms with E-state index in [-0.39, 0.29) is 10.6 Å². The second-order valence-electron chi connectivity index (χ2n) is 4.53. The Bertz CT molecular complexity index is 750. The first-order valence-corrected chi connectivity index (χ1v) is 8.70. The molecular formula is C12H12ClN3O2S2. The Kier molecular flexibility index (Phi) is 3.35. The molecule has 0 fully saturated rings. The van der Waals surface area contributed by atoms with Crippen LogP contribution in [0.4, 0.5) is 10.8 Å². The molecule has 3 N–H and O–H groups in total. The molecule has 0 amide bonds. The summed E-state index contributed by atoms with van der Waals surface area (Å²) in [5, 5.41) is 0.790. The predicted octanol–water partition coefficient (Wildman–Crippen LogP) is 2.67. The molecule has 0 spiro atoms. The molecule has 1 aliphatic rings. The molecule has 0 aliphatic heterocycles. The molecule has 1 aromatic heterocycles. The van der Waals surface area contributed by atoms with Gasteiger partial charge in [-0.2, -0.15) is 0 Å². The third kappa shape index (κ3) is 2.48. The van der Waals surface area contributed by atoms with Gasteiger partial charge in [-0.25, -0.2) is 13.4 Å². The molecule has 8 heteroatoms. The minimum Gasteiger partial charge on any atom is -0.398 e. The third-order valence-electron chi connectivity index (χ3n) is 3.08. The summed E-state index contributed by atoms with van der Waals surface area (Å²) in [5.41, 5.74) is 6.83. The highest BCUT2D eigenvalue weighted by atomic mass is 35.5. The molecule has 5 nitrogen and oxygen atoms in total. The lowest BCUT2D eigenvalue weighted by Gasteiger charge is -2.08. The van der Waals surface area contributed by atoms with Crippen molar-refractivity contribution >= 4 is 43.8 Å². The number of hydrogen-bond donors (Lipinski definition) is 2. The van der Waals surface area contributed by atoms with Crippen LogP contribution in [0.25, 0.3) is 0 Å². The van der Waals surface area contributed by atoms with E-state index in [4.69, 9.17) is 17.3 Å². The number of thiazole rings is 1. The van der Waals surface area contributed by atoms with Crippen LogP contribution in [0.5, 0.6) is 0 Å². The van der Waals surface area contributed by atoms with Crippen molar-refractivity contribution in [2.45, 2.75) is 24.2 Å². The van der Waals surface area contributed by atoms with Gasteiger partial charge in [-0.3, -0.25) is 4.72 Å². The Balaban J connectivity index is 1.91. The molecule has 106 valence electrons. The number of nitrogen functional groups attached to an aromatic ring is 1. The van der Waals surface area contributed by atoms with Crippen molar-refractivity contribution in [1.82, 2.24) is 4.98 Å². The number of nitrogens with zero attached hydrogens (tertiary/aromatic N) is 1. The lowest BCUT2D eigenvalue weighted by molar-refractivity contribution is 0.601. The highest BCUT2D eigenvalue weighted by molar-refractivity contribution is 7.93. The highest BCUT2D eigenvalue weighted by Gasteiger charge is 2.22. The van der Waals surface area contributed by atoms with Crippen LogP contribution in [0, 0.1) is 0 Å². The first kappa shape index (κ1) is 13.7. The Labute approximate surface area is 125 Å². The van der Waals surface area contributed by atoms with Gasteiger partial charge >= 0.3 is 0 Å². The van der Waals surface area contributed by atoms with Gasteiger partial charge in [0, 0.05) is 9.90 Å². The number of hydrogen-bond acceptors (Lipinski definition) is 5. The van der Waals surface area contributed by atoms with Crippen LogP contribution < -0.4 is 10.5 Å². The monoisotopic (exact) mass is 329 g/mol. The highest BCUT2D eigenvalue weighted by Crippen LogP contribution is 2.32. The quantitative estimate of drug-likeness (QED) is 0.848. The van der Waals surface area contributed by atoms with Crippen molar-refractivity contribution < 1.29 is 8.42 Å². The van der Waals surface area contributed by atoms with Crippen LogP contribution in [-0.2, 0) is 22.9 Å². The zero-order chi connectivity index (χ0) is 14.3. The van der Waals surface area contributed by atoms with E-state index in [9.17, 15) is 8.42 Å². The van der Waals surface area contributed by atoms with E-state index in [1.54, 1.807) is 0 Å². The maximum Gasteiger partial charge on any atom is 0.265 e. The zero-order valence-corrected chi connectivity index (χ0v) is 12.8. The summed E-state index contributed by atoms with van der Waals surface area (Å²) in [5.74, 6) is 0. The molecule has 0 bridgehead atoms. The third-order valence-corrected chi connectivity index (χ3v) is 5.93. The van der Waals surface area contributed by atoms with Crippen LogP contribution >= 0.6 is 22.9 Å². The smallest absolute Gasteiger partial charge is 0.265 e. The number of aryl methyl sites for hydroxylation is 2. The van der Waals surface area contributed by atoms with Gasteiger partial charge in [0.05, 0.1) is 11.4 Å². The fourth-order valence-electron chi connectivity index (χ4n) is 2.17. The summed E-state index contributed by atoms with van der Waals surface area (Å²) in [6.45, 7) is 0. The molecule has 0 radical (unpaired) electrons. The summed E-state index contributed by atoms with van der Waals surface area (Å²) in [6, 6.07) is 4.30. The van der Waals surface area contributed by atoms with Gasteiger partial charge in [0.25, 0.3) is 10.0 Å². The fourth-order valence-corrected chi connectivity index (χ4v) is 4.75. The lowest BCUT2D eigenvalue weighted by Crippen LogP contribution is -2.14. The largest absolute Gasteiger partial charge is 0.398 e. The number of nitrogens with two attached hydrogens (primary N) is 1. The normalized spacial score (nSPS) is 14.2. The minimum absolute atomic E-state index is 0.0114. The van der Waals surface area contributed by atoms with Gasteiger partial charge in [0.15, 0.2) is 5.13 Å². The van der Waals surface area contributed by atoms with E-state index in [0.717, 1.165) is 29.8 Å². The average molecular weight is 330 g/mol. The molecule has 0 saturated heterocycles. The summed E-state index contributed by atoms with van der Waals surface area (Å²) in [7, 11) is -3.73. The summed E-state index contributed by atoms with van der Waals surface area (Å²) < 4.78 is 27.1. The Morgan fingerprint density at radius 2 is 2.15 bits per heavy atom. The Morgan fingerprint density at radius 1 is 1.35 bits per heavy atom. The Morgan fingerprint density at radius 3 is 2.85 bits per heavy atom. The first-order valence-electron chi connectivity index (χ1n) is 6.02. The zero-order valence-electron chi connectivity index (χ0n) is 10.4. The number of aromatic nitrogens is 1. The minimum atomic E-state index is -3.73. The number of nitrogens with one attached hydrogen (secondary N) is 1. The topological polar surface area (TPSA) is 85.1 Å². The van der Waals surface area contributed by atoms with Crippen LogP contribution in [0.15, 0.2) is 23.1 Å². The maximum atomic E-state index is 12.3. The van der Waals surface area contributed by atoms with E-state index >= 15 is 0 Å². The van der Waals surface area contributed by atoms with Crippen molar-refractivity contribution in [2.24, 2.45) is 0 Å². The van der Waals surface area contributed by atoms with Gasteiger partial charge in [0.2, 0.25) is 0 Å². The fraction of sp³-hybridized carbons (Fsp3) is 0.250. The number of fused-ring (bicyclic) bond motifs is 1. The number of rotatable bonds is 3. The lowest BCUT2D eigenvalue weighted by atomic mass is 10.3. The standard InChI is InChI=1S/C12H12ClN3O2S2/c13-7-4-5-11(8(14)6-7)20(17,18)16-12-15-9-2-1-3-10(9)19-12/h4-6H,1-3,14H2,(H,15,16). The average Bonchev–Trinajstić information content (AvgIpc) is 2.87. The second kappa shape index (κ2) is 4.91. The van der Waals surface area contributed by atoms with Crippen LogP contribution in [0.1, 0.15) is 17.0 Å². The first-order chi connectivity index (χ1) is 9.45.